The SMILES string of the molecule is CCc1ccccc1N(C(C)=O)c1nc(COc2ccc(Cl)cc2C(N)=O)cs1. The average molecular weight is 430 g/mol. The molecule has 3 rings (SSSR count). The summed E-state index contributed by atoms with van der Waals surface area (Å²) in [6.45, 7) is 3.68. The number of amides is 2. The Balaban J connectivity index is 1.83. The Bertz CT molecular complexity index is 1050. The van der Waals surface area contributed by atoms with Crippen molar-refractivity contribution < 1.29 is 14.3 Å². The van der Waals surface area contributed by atoms with Crippen molar-refractivity contribution in [3.8, 4) is 5.75 Å². The van der Waals surface area contributed by atoms with Gasteiger partial charge in [-0.15, -0.1) is 11.3 Å². The zero-order valence-electron chi connectivity index (χ0n) is 16.0. The molecule has 0 unspecified atom stereocenters. The number of hydrogen-bond acceptors (Lipinski definition) is 5. The highest BCUT2D eigenvalue weighted by Gasteiger charge is 2.20. The van der Waals surface area contributed by atoms with E-state index >= 15 is 0 Å². The van der Waals surface area contributed by atoms with Gasteiger partial charge in [0, 0.05) is 17.3 Å². The van der Waals surface area contributed by atoms with Crippen LogP contribution in [0, 0.1) is 0 Å². The minimum absolute atomic E-state index is 0.124. The number of hydrogen-bond donors (Lipinski definition) is 1. The third-order valence-corrected chi connectivity index (χ3v) is 5.35. The van der Waals surface area contributed by atoms with Crippen molar-refractivity contribution in [3.63, 3.8) is 0 Å². The van der Waals surface area contributed by atoms with Gasteiger partial charge < -0.3 is 10.5 Å². The van der Waals surface area contributed by atoms with Gasteiger partial charge in [0.05, 0.1) is 16.9 Å². The smallest absolute Gasteiger partial charge is 0.252 e. The number of para-hydroxylation sites is 1. The molecule has 3 aromatic rings. The number of benzene rings is 2. The summed E-state index contributed by atoms with van der Waals surface area (Å²) in [4.78, 5) is 30.1. The molecule has 0 fully saturated rings. The molecule has 1 aromatic heterocycles. The second-order valence-electron chi connectivity index (χ2n) is 6.25. The van der Waals surface area contributed by atoms with Crippen LogP contribution >= 0.6 is 22.9 Å². The summed E-state index contributed by atoms with van der Waals surface area (Å²) in [7, 11) is 0. The first-order valence-electron chi connectivity index (χ1n) is 8.95. The molecule has 0 aliphatic rings. The van der Waals surface area contributed by atoms with E-state index in [1.54, 1.807) is 17.0 Å². The fraction of sp³-hybridized carbons (Fsp3) is 0.190. The predicted molar refractivity (Wildman–Crippen MR) is 115 cm³/mol. The largest absolute Gasteiger partial charge is 0.486 e. The van der Waals surface area contributed by atoms with Crippen LogP contribution in [-0.2, 0) is 17.8 Å². The third kappa shape index (κ3) is 4.75. The molecule has 1 heterocycles. The standard InChI is InChI=1S/C21H20ClN3O3S/c1-3-14-6-4-5-7-18(14)25(13(2)26)21-24-16(12-29-21)11-28-19-9-8-15(22)10-17(19)20(23)27/h4-10,12H,3,11H2,1-2H3,(H2,23,27). The second kappa shape index (κ2) is 9.07. The van der Waals surface area contributed by atoms with Crippen LogP contribution in [0.25, 0.3) is 0 Å². The highest BCUT2D eigenvalue weighted by atomic mass is 35.5. The maximum absolute atomic E-state index is 12.4. The van der Waals surface area contributed by atoms with Crippen LogP contribution in [0.2, 0.25) is 5.02 Å². The maximum atomic E-state index is 12.4. The number of anilines is 2. The molecule has 0 saturated carbocycles. The summed E-state index contributed by atoms with van der Waals surface area (Å²) in [6, 6.07) is 12.4. The van der Waals surface area contributed by atoms with E-state index in [0.29, 0.717) is 21.6 Å². The van der Waals surface area contributed by atoms with Crippen LogP contribution in [0.1, 0.15) is 35.5 Å². The Labute approximate surface area is 177 Å². The van der Waals surface area contributed by atoms with E-state index in [2.05, 4.69) is 4.98 Å². The first-order chi connectivity index (χ1) is 13.9. The number of nitrogens with two attached hydrogens (primary N) is 1. The highest BCUT2D eigenvalue weighted by Crippen LogP contribution is 2.32. The van der Waals surface area contributed by atoms with Crippen LogP contribution in [0.4, 0.5) is 10.8 Å². The number of carbonyl (C=O) groups excluding carboxylic acids is 2. The lowest BCUT2D eigenvalue weighted by atomic mass is 10.1. The van der Waals surface area contributed by atoms with Gasteiger partial charge in [-0.3, -0.25) is 14.5 Å². The third-order valence-electron chi connectivity index (χ3n) is 4.24. The van der Waals surface area contributed by atoms with E-state index in [0.717, 1.165) is 17.7 Å². The van der Waals surface area contributed by atoms with Gasteiger partial charge in [-0.25, -0.2) is 4.98 Å². The van der Waals surface area contributed by atoms with Crippen LogP contribution in [-0.4, -0.2) is 16.8 Å². The molecular weight excluding hydrogens is 410 g/mol. The fourth-order valence-electron chi connectivity index (χ4n) is 2.87. The lowest BCUT2D eigenvalue weighted by Crippen LogP contribution is -2.23. The molecular formula is C21H20ClN3O3S. The Morgan fingerprint density at radius 1 is 1.24 bits per heavy atom. The first kappa shape index (κ1) is 20.8. The molecule has 0 bridgehead atoms. The molecule has 0 aliphatic heterocycles. The van der Waals surface area contributed by atoms with Crippen molar-refractivity contribution in [2.45, 2.75) is 26.9 Å². The van der Waals surface area contributed by atoms with E-state index in [-0.39, 0.29) is 18.1 Å². The van der Waals surface area contributed by atoms with Gasteiger partial charge in [-0.1, -0.05) is 36.7 Å². The molecule has 0 atom stereocenters. The van der Waals surface area contributed by atoms with Crippen LogP contribution in [0.5, 0.6) is 5.75 Å². The van der Waals surface area contributed by atoms with Crippen molar-refractivity contribution in [1.29, 1.82) is 0 Å². The molecule has 0 radical (unpaired) electrons. The first-order valence-corrected chi connectivity index (χ1v) is 10.2. The lowest BCUT2D eigenvalue weighted by molar-refractivity contribution is -0.115. The maximum Gasteiger partial charge on any atom is 0.252 e. The zero-order valence-corrected chi connectivity index (χ0v) is 17.6. The Hall–Kier alpha value is -2.90. The van der Waals surface area contributed by atoms with Crippen molar-refractivity contribution >= 4 is 45.6 Å². The van der Waals surface area contributed by atoms with Gasteiger partial charge >= 0.3 is 0 Å². The molecule has 150 valence electrons. The Morgan fingerprint density at radius 3 is 2.69 bits per heavy atom. The monoisotopic (exact) mass is 429 g/mol. The average Bonchev–Trinajstić information content (AvgIpc) is 3.15. The minimum Gasteiger partial charge on any atom is -0.486 e. The fourth-order valence-corrected chi connectivity index (χ4v) is 3.91. The van der Waals surface area contributed by atoms with Gasteiger partial charge in [0.15, 0.2) is 5.13 Å². The van der Waals surface area contributed by atoms with Crippen molar-refractivity contribution in [1.82, 2.24) is 4.98 Å². The molecule has 0 aliphatic carbocycles. The van der Waals surface area contributed by atoms with Crippen LogP contribution in [0.15, 0.2) is 47.8 Å². The molecule has 2 aromatic carbocycles. The summed E-state index contributed by atoms with van der Waals surface area (Å²) in [5, 5.41) is 2.77. The summed E-state index contributed by atoms with van der Waals surface area (Å²) < 4.78 is 5.72. The molecule has 6 nitrogen and oxygen atoms in total. The van der Waals surface area contributed by atoms with Crippen LogP contribution in [0.3, 0.4) is 0 Å². The second-order valence-corrected chi connectivity index (χ2v) is 7.52. The lowest BCUT2D eigenvalue weighted by Gasteiger charge is -2.21. The number of primary amides is 1. The summed E-state index contributed by atoms with van der Waals surface area (Å²) >= 11 is 7.27. The molecule has 8 heteroatoms. The molecule has 2 N–H and O–H groups in total. The van der Waals surface area contributed by atoms with E-state index in [1.165, 1.54) is 24.3 Å². The van der Waals surface area contributed by atoms with Crippen LogP contribution < -0.4 is 15.4 Å². The minimum atomic E-state index is -0.625. The van der Waals surface area contributed by atoms with Gasteiger partial charge in [-0.05, 0) is 36.2 Å². The topological polar surface area (TPSA) is 85.5 Å². The normalized spacial score (nSPS) is 10.6. The number of ether oxygens (including phenoxy) is 1. The van der Waals surface area contributed by atoms with E-state index in [4.69, 9.17) is 22.1 Å². The van der Waals surface area contributed by atoms with E-state index < -0.39 is 5.91 Å². The number of carbonyl (C=O) groups is 2. The summed E-state index contributed by atoms with van der Waals surface area (Å²) in [5.74, 6) is -0.418. The molecule has 0 spiro atoms. The summed E-state index contributed by atoms with van der Waals surface area (Å²) in [6.07, 6.45) is 0.799. The van der Waals surface area contributed by atoms with Gasteiger partial charge in [0.1, 0.15) is 12.4 Å². The molecule has 0 saturated heterocycles. The van der Waals surface area contributed by atoms with Crippen molar-refractivity contribution in [3.05, 3.63) is 69.7 Å². The van der Waals surface area contributed by atoms with E-state index in [1.807, 2.05) is 36.6 Å². The van der Waals surface area contributed by atoms with Gasteiger partial charge in [0.2, 0.25) is 5.91 Å². The number of rotatable bonds is 7. The predicted octanol–water partition coefficient (Wildman–Crippen LogP) is 4.72. The molecule has 2 amide bonds. The highest BCUT2D eigenvalue weighted by molar-refractivity contribution is 7.14. The number of nitrogens with zero attached hydrogens (tertiary/aromatic N) is 2. The number of aryl methyl sites for hydroxylation is 1. The number of thiazole rings is 1. The summed E-state index contributed by atoms with van der Waals surface area (Å²) in [5.41, 5.74) is 8.10. The van der Waals surface area contributed by atoms with Gasteiger partial charge in [0.25, 0.3) is 5.91 Å². The van der Waals surface area contributed by atoms with Crippen molar-refractivity contribution in [2.75, 3.05) is 4.90 Å². The number of aromatic nitrogens is 1. The van der Waals surface area contributed by atoms with Crippen molar-refractivity contribution in [2.24, 2.45) is 5.73 Å². The number of halogens is 1. The van der Waals surface area contributed by atoms with Gasteiger partial charge in [-0.2, -0.15) is 0 Å². The zero-order chi connectivity index (χ0) is 21.0. The van der Waals surface area contributed by atoms with E-state index in [9.17, 15) is 9.59 Å². The Kier molecular flexibility index (Phi) is 6.51. The Morgan fingerprint density at radius 2 is 2.00 bits per heavy atom. The quantitative estimate of drug-likeness (QED) is 0.588. The molecule has 29 heavy (non-hydrogen) atoms.